The Morgan fingerprint density at radius 1 is 1.00 bits per heavy atom. The number of halogens is 2. The van der Waals surface area contributed by atoms with Crippen molar-refractivity contribution in [2.75, 3.05) is 43.4 Å². The Kier molecular flexibility index (Phi) is 5.46. The Morgan fingerprint density at radius 2 is 1.75 bits per heavy atom. The molecule has 32 heavy (non-hydrogen) atoms. The molecule has 1 saturated heterocycles. The van der Waals surface area contributed by atoms with Crippen molar-refractivity contribution >= 4 is 51.6 Å². The van der Waals surface area contributed by atoms with Crippen molar-refractivity contribution in [2.45, 2.75) is 0 Å². The van der Waals surface area contributed by atoms with Crippen LogP contribution in [0.4, 0.5) is 17.3 Å². The third-order valence-electron chi connectivity index (χ3n) is 5.47. The second kappa shape index (κ2) is 8.42. The van der Waals surface area contributed by atoms with Gasteiger partial charge in [0.2, 0.25) is 0 Å². The predicted molar refractivity (Wildman–Crippen MR) is 127 cm³/mol. The number of likely N-dealkylation sites (N-methyl/N-ethyl adjacent to an activating group) is 1. The molecule has 0 saturated carbocycles. The van der Waals surface area contributed by atoms with E-state index in [0.29, 0.717) is 32.9 Å². The van der Waals surface area contributed by atoms with Gasteiger partial charge in [-0.25, -0.2) is 9.67 Å². The Bertz CT molecular complexity index is 1310. The second-order valence-corrected chi connectivity index (χ2v) is 8.45. The first-order valence-corrected chi connectivity index (χ1v) is 10.8. The summed E-state index contributed by atoms with van der Waals surface area (Å²) >= 11 is 12.5. The quantitative estimate of drug-likeness (QED) is 0.472. The van der Waals surface area contributed by atoms with Crippen molar-refractivity contribution < 1.29 is 0 Å². The van der Waals surface area contributed by atoms with Gasteiger partial charge >= 0.3 is 0 Å². The average Bonchev–Trinajstić information content (AvgIpc) is 3.10. The highest BCUT2D eigenvalue weighted by Crippen LogP contribution is 2.27. The summed E-state index contributed by atoms with van der Waals surface area (Å²) in [6, 6.07) is 10.7. The van der Waals surface area contributed by atoms with E-state index in [9.17, 15) is 4.79 Å². The topological polar surface area (TPSA) is 95.0 Å². The van der Waals surface area contributed by atoms with Gasteiger partial charge < -0.3 is 15.1 Å². The summed E-state index contributed by atoms with van der Waals surface area (Å²) in [5.74, 6) is 1.09. The summed E-state index contributed by atoms with van der Waals surface area (Å²) in [5.41, 5.74) is 1.75. The molecule has 0 aliphatic carbocycles. The van der Waals surface area contributed by atoms with E-state index in [4.69, 9.17) is 23.2 Å². The lowest BCUT2D eigenvalue weighted by atomic mass is 10.3. The summed E-state index contributed by atoms with van der Waals surface area (Å²) in [6.45, 7) is 4.03. The zero-order valence-corrected chi connectivity index (χ0v) is 18.7. The van der Waals surface area contributed by atoms with Crippen molar-refractivity contribution in [3.05, 3.63) is 63.0 Å². The number of hydrogen-bond acceptors (Lipinski definition) is 7. The number of aromatic nitrogens is 5. The van der Waals surface area contributed by atoms with Crippen LogP contribution in [-0.2, 0) is 0 Å². The summed E-state index contributed by atoms with van der Waals surface area (Å²) in [6.07, 6.45) is 1.84. The van der Waals surface area contributed by atoms with Gasteiger partial charge in [0.15, 0.2) is 11.3 Å². The first-order valence-electron chi connectivity index (χ1n) is 10.1. The first-order chi connectivity index (χ1) is 15.5. The van der Waals surface area contributed by atoms with Crippen molar-refractivity contribution in [1.29, 1.82) is 0 Å². The summed E-state index contributed by atoms with van der Waals surface area (Å²) in [7, 11) is 2.13. The lowest BCUT2D eigenvalue weighted by Crippen LogP contribution is -2.44. The van der Waals surface area contributed by atoms with Gasteiger partial charge in [-0.3, -0.25) is 9.89 Å². The van der Waals surface area contributed by atoms with Crippen LogP contribution in [0.15, 0.2) is 47.4 Å². The molecule has 0 atom stereocenters. The van der Waals surface area contributed by atoms with Crippen molar-refractivity contribution in [1.82, 2.24) is 29.9 Å². The van der Waals surface area contributed by atoms with Crippen LogP contribution in [0.5, 0.6) is 0 Å². The van der Waals surface area contributed by atoms with Crippen LogP contribution in [0.2, 0.25) is 10.0 Å². The SMILES string of the molecule is CN1CCN(c2ccc(Nc3cc4[nH]n(-c5c(Cl)cccc5Cl)c(=O)c4nn3)nc2)CC1. The zero-order valence-electron chi connectivity index (χ0n) is 17.2. The van der Waals surface area contributed by atoms with Crippen LogP contribution in [0.3, 0.4) is 0 Å². The van der Waals surface area contributed by atoms with Crippen molar-refractivity contribution in [3.8, 4) is 5.69 Å². The average molecular weight is 471 g/mol. The molecule has 4 aromatic rings. The molecule has 164 valence electrons. The number of nitrogens with zero attached hydrogens (tertiary/aromatic N) is 6. The molecule has 9 nitrogen and oxygen atoms in total. The molecule has 4 heterocycles. The molecule has 11 heteroatoms. The second-order valence-electron chi connectivity index (χ2n) is 7.63. The number of nitrogens with one attached hydrogen (secondary N) is 2. The number of piperazine rings is 1. The van der Waals surface area contributed by atoms with Gasteiger partial charge in [-0.15, -0.1) is 10.2 Å². The maximum Gasteiger partial charge on any atom is 0.299 e. The lowest BCUT2D eigenvalue weighted by Gasteiger charge is -2.33. The first kappa shape index (κ1) is 20.7. The smallest absolute Gasteiger partial charge is 0.299 e. The third kappa shape index (κ3) is 3.90. The minimum absolute atomic E-state index is 0.185. The van der Waals surface area contributed by atoms with Gasteiger partial charge in [-0.05, 0) is 31.3 Å². The molecule has 0 unspecified atom stereocenters. The van der Waals surface area contributed by atoms with Crippen LogP contribution in [0, 0.1) is 0 Å². The minimum Gasteiger partial charge on any atom is -0.368 e. The molecule has 5 rings (SSSR count). The Morgan fingerprint density at radius 3 is 2.44 bits per heavy atom. The molecule has 0 amide bonds. The van der Waals surface area contributed by atoms with Gasteiger partial charge in [0.05, 0.1) is 27.4 Å². The fourth-order valence-electron chi connectivity index (χ4n) is 3.68. The molecule has 3 aromatic heterocycles. The number of rotatable bonds is 4. The predicted octanol–water partition coefficient (Wildman–Crippen LogP) is 3.31. The van der Waals surface area contributed by atoms with E-state index in [1.165, 1.54) is 4.68 Å². The van der Waals surface area contributed by atoms with Crippen LogP contribution in [0.25, 0.3) is 16.7 Å². The number of anilines is 3. The van der Waals surface area contributed by atoms with E-state index < -0.39 is 0 Å². The Hall–Kier alpha value is -3.14. The number of fused-ring (bicyclic) bond motifs is 1. The number of H-pyrrole nitrogens is 1. The van der Waals surface area contributed by atoms with Crippen molar-refractivity contribution in [3.63, 3.8) is 0 Å². The molecule has 0 radical (unpaired) electrons. The minimum atomic E-state index is -0.385. The van der Waals surface area contributed by atoms with E-state index in [2.05, 4.69) is 42.4 Å². The number of hydrogen-bond donors (Lipinski definition) is 2. The van der Waals surface area contributed by atoms with Crippen LogP contribution in [-0.4, -0.2) is 63.1 Å². The lowest BCUT2D eigenvalue weighted by molar-refractivity contribution is 0.313. The number of benzene rings is 1. The number of para-hydroxylation sites is 1. The van der Waals surface area contributed by atoms with Crippen LogP contribution >= 0.6 is 23.2 Å². The highest BCUT2D eigenvalue weighted by Gasteiger charge is 2.17. The molecule has 1 aliphatic heterocycles. The van der Waals surface area contributed by atoms with Gasteiger partial charge in [-0.1, -0.05) is 29.3 Å². The van der Waals surface area contributed by atoms with Gasteiger partial charge in [0, 0.05) is 32.2 Å². The van der Waals surface area contributed by atoms with Crippen LogP contribution in [0.1, 0.15) is 0 Å². The summed E-state index contributed by atoms with van der Waals surface area (Å²) in [4.78, 5) is 21.9. The highest BCUT2D eigenvalue weighted by molar-refractivity contribution is 6.37. The van der Waals surface area contributed by atoms with Gasteiger partial charge in [-0.2, -0.15) is 0 Å². The zero-order chi connectivity index (χ0) is 22.2. The normalized spacial score (nSPS) is 14.8. The Labute approximate surface area is 193 Å². The molecule has 0 bridgehead atoms. The molecule has 0 spiro atoms. The van der Waals surface area contributed by atoms with Crippen molar-refractivity contribution in [2.24, 2.45) is 0 Å². The van der Waals surface area contributed by atoms with Gasteiger partial charge in [0.1, 0.15) is 11.5 Å². The fraction of sp³-hybridized carbons (Fsp3) is 0.238. The summed E-state index contributed by atoms with van der Waals surface area (Å²) in [5, 5.41) is 15.0. The van der Waals surface area contributed by atoms with E-state index in [1.807, 2.05) is 18.3 Å². The molecular weight excluding hydrogens is 451 g/mol. The number of aromatic amines is 1. The van der Waals surface area contributed by atoms with Crippen LogP contribution < -0.4 is 15.8 Å². The summed E-state index contributed by atoms with van der Waals surface area (Å²) < 4.78 is 1.27. The molecule has 2 N–H and O–H groups in total. The molecule has 1 fully saturated rings. The van der Waals surface area contributed by atoms with E-state index in [1.54, 1.807) is 24.3 Å². The molecule has 1 aliphatic rings. The maximum atomic E-state index is 12.8. The maximum absolute atomic E-state index is 12.8. The number of pyridine rings is 1. The van der Waals surface area contributed by atoms with E-state index >= 15 is 0 Å². The largest absolute Gasteiger partial charge is 0.368 e. The Balaban J connectivity index is 1.39. The van der Waals surface area contributed by atoms with E-state index in [-0.39, 0.29) is 11.1 Å². The fourth-order valence-corrected chi connectivity index (χ4v) is 4.24. The third-order valence-corrected chi connectivity index (χ3v) is 6.08. The van der Waals surface area contributed by atoms with E-state index in [0.717, 1.165) is 31.9 Å². The standard InChI is InChI=1S/C21H20Cl2N8O/c1-29-7-9-30(10-8-29)13-5-6-17(24-12-13)25-18-11-16-19(27-26-18)21(32)31(28-16)20-14(22)3-2-4-15(20)23/h2-6,11-12,28H,7-10H2,1H3,(H,24,25,26). The molecule has 1 aromatic carbocycles. The highest BCUT2D eigenvalue weighted by atomic mass is 35.5. The van der Waals surface area contributed by atoms with Gasteiger partial charge in [0.25, 0.3) is 5.56 Å². The monoisotopic (exact) mass is 470 g/mol. The molecular formula is C21H20Cl2N8O.